The first-order chi connectivity index (χ1) is 14.1. The summed E-state index contributed by atoms with van der Waals surface area (Å²) in [5.74, 6) is 0.566. The van der Waals surface area contributed by atoms with E-state index >= 15 is 0 Å². The molecule has 0 unspecified atom stereocenters. The van der Waals surface area contributed by atoms with Gasteiger partial charge < -0.3 is 14.7 Å². The molecule has 2 aromatic rings. The van der Waals surface area contributed by atoms with Gasteiger partial charge in [-0.25, -0.2) is 14.4 Å². The lowest BCUT2D eigenvalue weighted by Crippen LogP contribution is -2.47. The number of piperazine rings is 1. The van der Waals surface area contributed by atoms with E-state index < -0.39 is 0 Å². The summed E-state index contributed by atoms with van der Waals surface area (Å²) in [6.07, 6.45) is 5.77. The Kier molecular flexibility index (Phi) is 5.73. The Morgan fingerprint density at radius 1 is 0.793 bits per heavy atom. The zero-order valence-electron chi connectivity index (χ0n) is 16.3. The standard InChI is InChI=1S/C20H25FN6O2/c21-16-5-7-17(8-6-16)24-11-13-26(14-12-24)20-18(27(28)29)19(22-15-23-20)25-9-3-1-2-4-10-25/h5-8,15H,1-4,9-14H2. The van der Waals surface area contributed by atoms with Crippen LogP contribution in [0.25, 0.3) is 0 Å². The van der Waals surface area contributed by atoms with Crippen LogP contribution in [-0.2, 0) is 0 Å². The van der Waals surface area contributed by atoms with Crippen molar-refractivity contribution in [2.45, 2.75) is 25.7 Å². The van der Waals surface area contributed by atoms with Gasteiger partial charge in [0.05, 0.1) is 4.92 Å². The molecule has 2 saturated heterocycles. The van der Waals surface area contributed by atoms with Crippen molar-refractivity contribution in [1.82, 2.24) is 9.97 Å². The third-order valence-electron chi connectivity index (χ3n) is 5.64. The highest BCUT2D eigenvalue weighted by Gasteiger charge is 2.31. The zero-order chi connectivity index (χ0) is 20.2. The maximum atomic E-state index is 13.2. The summed E-state index contributed by atoms with van der Waals surface area (Å²) >= 11 is 0. The molecule has 4 rings (SSSR count). The number of hydrogen-bond acceptors (Lipinski definition) is 7. The summed E-state index contributed by atoms with van der Waals surface area (Å²) in [5, 5.41) is 12.0. The van der Waals surface area contributed by atoms with Gasteiger partial charge in [0.25, 0.3) is 0 Å². The second-order valence-electron chi connectivity index (χ2n) is 7.48. The fourth-order valence-corrected chi connectivity index (χ4v) is 4.10. The van der Waals surface area contributed by atoms with Gasteiger partial charge in [-0.3, -0.25) is 10.1 Å². The number of halogens is 1. The predicted octanol–water partition coefficient (Wildman–Crippen LogP) is 3.23. The molecule has 0 aliphatic carbocycles. The minimum absolute atomic E-state index is 0.00429. The van der Waals surface area contributed by atoms with Crippen molar-refractivity contribution in [3.05, 3.63) is 46.5 Å². The summed E-state index contributed by atoms with van der Waals surface area (Å²) in [7, 11) is 0. The second kappa shape index (κ2) is 8.59. The molecule has 1 aromatic carbocycles. The van der Waals surface area contributed by atoms with Gasteiger partial charge in [0.1, 0.15) is 12.1 Å². The van der Waals surface area contributed by atoms with Crippen LogP contribution in [0.2, 0.25) is 0 Å². The van der Waals surface area contributed by atoms with Crippen LogP contribution < -0.4 is 14.7 Å². The molecule has 2 aliphatic rings. The van der Waals surface area contributed by atoms with Gasteiger partial charge in [-0.1, -0.05) is 12.8 Å². The molecule has 0 N–H and O–H groups in total. The first kappa shape index (κ1) is 19.4. The van der Waals surface area contributed by atoms with Crippen LogP contribution in [0.3, 0.4) is 0 Å². The highest BCUT2D eigenvalue weighted by atomic mass is 19.1. The van der Waals surface area contributed by atoms with Crippen LogP contribution in [0.15, 0.2) is 30.6 Å². The molecule has 0 saturated carbocycles. The minimum Gasteiger partial charge on any atom is -0.368 e. The quantitative estimate of drug-likeness (QED) is 0.576. The lowest BCUT2D eigenvalue weighted by atomic mass is 10.2. The lowest BCUT2D eigenvalue weighted by molar-refractivity contribution is -0.383. The van der Waals surface area contributed by atoms with Gasteiger partial charge in [-0.15, -0.1) is 0 Å². The van der Waals surface area contributed by atoms with Gasteiger partial charge >= 0.3 is 5.69 Å². The largest absolute Gasteiger partial charge is 0.368 e. The zero-order valence-corrected chi connectivity index (χ0v) is 16.3. The van der Waals surface area contributed by atoms with Crippen LogP contribution in [0.1, 0.15) is 25.7 Å². The number of nitro groups is 1. The van der Waals surface area contributed by atoms with E-state index in [0.717, 1.165) is 44.5 Å². The molecule has 29 heavy (non-hydrogen) atoms. The van der Waals surface area contributed by atoms with E-state index in [2.05, 4.69) is 14.9 Å². The van der Waals surface area contributed by atoms with E-state index in [4.69, 9.17) is 0 Å². The first-order valence-electron chi connectivity index (χ1n) is 10.1. The highest BCUT2D eigenvalue weighted by Crippen LogP contribution is 2.35. The van der Waals surface area contributed by atoms with Crippen LogP contribution in [0, 0.1) is 15.9 Å². The fourth-order valence-electron chi connectivity index (χ4n) is 4.10. The topological polar surface area (TPSA) is 78.6 Å². The number of hydrogen-bond donors (Lipinski definition) is 0. The maximum absolute atomic E-state index is 13.2. The number of nitrogens with zero attached hydrogens (tertiary/aromatic N) is 6. The Hall–Kier alpha value is -2.97. The van der Waals surface area contributed by atoms with Crippen LogP contribution in [0.4, 0.5) is 27.4 Å². The minimum atomic E-state index is -0.345. The molecule has 3 heterocycles. The van der Waals surface area contributed by atoms with Crippen LogP contribution in [0.5, 0.6) is 0 Å². The van der Waals surface area contributed by atoms with Crippen molar-refractivity contribution in [3.8, 4) is 0 Å². The summed E-state index contributed by atoms with van der Waals surface area (Å²) in [4.78, 5) is 26.3. The van der Waals surface area contributed by atoms with E-state index in [0.29, 0.717) is 37.8 Å². The normalized spacial score (nSPS) is 17.9. The van der Waals surface area contributed by atoms with Crippen LogP contribution >= 0.6 is 0 Å². The van der Waals surface area contributed by atoms with E-state index in [-0.39, 0.29) is 16.4 Å². The maximum Gasteiger partial charge on any atom is 0.353 e. The average Bonchev–Trinajstić information content (AvgIpc) is 3.03. The van der Waals surface area contributed by atoms with Gasteiger partial charge in [-0.2, -0.15) is 0 Å². The summed E-state index contributed by atoms with van der Waals surface area (Å²) < 4.78 is 13.2. The third kappa shape index (κ3) is 4.23. The van der Waals surface area contributed by atoms with Gasteiger partial charge in [-0.05, 0) is 37.1 Å². The van der Waals surface area contributed by atoms with E-state index in [1.54, 1.807) is 12.1 Å². The van der Waals surface area contributed by atoms with Crippen molar-refractivity contribution in [2.24, 2.45) is 0 Å². The molecule has 8 nitrogen and oxygen atoms in total. The summed E-state index contributed by atoms with van der Waals surface area (Å²) in [6, 6.07) is 6.42. The summed E-state index contributed by atoms with van der Waals surface area (Å²) in [6.45, 7) is 4.16. The highest BCUT2D eigenvalue weighted by molar-refractivity contribution is 5.71. The number of benzene rings is 1. The van der Waals surface area contributed by atoms with Gasteiger partial charge in [0.2, 0.25) is 11.6 Å². The summed E-state index contributed by atoms with van der Waals surface area (Å²) in [5.41, 5.74) is 0.957. The molecule has 2 aliphatic heterocycles. The smallest absolute Gasteiger partial charge is 0.353 e. The van der Waals surface area contributed by atoms with Crippen molar-refractivity contribution >= 4 is 23.0 Å². The first-order valence-corrected chi connectivity index (χ1v) is 10.1. The van der Waals surface area contributed by atoms with E-state index in [1.807, 2.05) is 9.80 Å². The van der Waals surface area contributed by atoms with Crippen molar-refractivity contribution in [2.75, 3.05) is 54.0 Å². The molecule has 0 amide bonds. The molecule has 9 heteroatoms. The van der Waals surface area contributed by atoms with E-state index in [9.17, 15) is 14.5 Å². The van der Waals surface area contributed by atoms with Crippen LogP contribution in [-0.4, -0.2) is 54.2 Å². The van der Waals surface area contributed by atoms with Crippen molar-refractivity contribution in [1.29, 1.82) is 0 Å². The van der Waals surface area contributed by atoms with E-state index in [1.165, 1.54) is 18.5 Å². The Balaban J connectivity index is 1.54. The Morgan fingerprint density at radius 2 is 1.31 bits per heavy atom. The third-order valence-corrected chi connectivity index (χ3v) is 5.64. The van der Waals surface area contributed by atoms with Crippen molar-refractivity contribution < 1.29 is 9.31 Å². The van der Waals surface area contributed by atoms with Gasteiger partial charge in [0, 0.05) is 45.0 Å². The number of anilines is 3. The fraction of sp³-hybridized carbons (Fsp3) is 0.500. The molecule has 0 spiro atoms. The van der Waals surface area contributed by atoms with Crippen molar-refractivity contribution in [3.63, 3.8) is 0 Å². The Labute approximate surface area is 169 Å². The Morgan fingerprint density at radius 3 is 1.86 bits per heavy atom. The second-order valence-corrected chi connectivity index (χ2v) is 7.48. The average molecular weight is 400 g/mol. The monoisotopic (exact) mass is 400 g/mol. The lowest BCUT2D eigenvalue weighted by Gasteiger charge is -2.36. The molecule has 1 aromatic heterocycles. The molecular formula is C20H25FN6O2. The Bertz CT molecular complexity index is 847. The molecule has 0 radical (unpaired) electrons. The molecule has 2 fully saturated rings. The molecule has 0 bridgehead atoms. The SMILES string of the molecule is O=[N+]([O-])c1c(N2CCCCCC2)ncnc1N1CCN(c2ccc(F)cc2)CC1. The predicted molar refractivity (Wildman–Crippen MR) is 110 cm³/mol. The van der Waals surface area contributed by atoms with Gasteiger partial charge in [0.15, 0.2) is 0 Å². The molecule has 154 valence electrons. The number of rotatable bonds is 4. The number of aromatic nitrogens is 2. The molecule has 0 atom stereocenters. The molecular weight excluding hydrogens is 375 g/mol.